The van der Waals surface area contributed by atoms with E-state index in [2.05, 4.69) is 12.2 Å². The summed E-state index contributed by atoms with van der Waals surface area (Å²) in [6.45, 7) is 5.13. The Bertz CT molecular complexity index is 665. The molecule has 24 heavy (non-hydrogen) atoms. The lowest BCUT2D eigenvalue weighted by molar-refractivity contribution is 0.102. The molecular weight excluding hydrogens is 302 g/mol. The maximum atomic E-state index is 12.5. The smallest absolute Gasteiger partial charge is 0.255 e. The quantitative estimate of drug-likeness (QED) is 0.780. The zero-order valence-corrected chi connectivity index (χ0v) is 14.6. The summed E-state index contributed by atoms with van der Waals surface area (Å²) in [5, 5.41) is 2.93. The molecule has 0 spiro atoms. The molecule has 0 unspecified atom stereocenters. The number of hydrogen-bond acceptors (Lipinski definition) is 3. The Morgan fingerprint density at radius 1 is 1.08 bits per heavy atom. The summed E-state index contributed by atoms with van der Waals surface area (Å²) in [6.07, 6.45) is 2.16. The van der Waals surface area contributed by atoms with Crippen LogP contribution in [0.25, 0.3) is 0 Å². The highest BCUT2D eigenvalue weighted by atomic mass is 16.5. The van der Waals surface area contributed by atoms with E-state index in [4.69, 9.17) is 9.47 Å². The van der Waals surface area contributed by atoms with Crippen molar-refractivity contribution in [2.75, 3.05) is 19.0 Å². The van der Waals surface area contributed by atoms with Gasteiger partial charge >= 0.3 is 0 Å². The van der Waals surface area contributed by atoms with Crippen LogP contribution in [-0.2, 0) is 17.8 Å². The summed E-state index contributed by atoms with van der Waals surface area (Å²) < 4.78 is 10.8. The Morgan fingerprint density at radius 3 is 2.46 bits per heavy atom. The number of ether oxygens (including phenoxy) is 2. The van der Waals surface area contributed by atoms with Gasteiger partial charge < -0.3 is 14.8 Å². The molecule has 128 valence electrons. The van der Waals surface area contributed by atoms with Crippen molar-refractivity contribution >= 4 is 11.6 Å². The fourth-order valence-electron chi connectivity index (χ4n) is 2.49. The highest BCUT2D eigenvalue weighted by Gasteiger charge is 2.11. The fraction of sp³-hybridized carbons (Fsp3) is 0.350. The third kappa shape index (κ3) is 4.83. The van der Waals surface area contributed by atoms with E-state index in [0.717, 1.165) is 29.8 Å². The molecule has 0 heterocycles. The van der Waals surface area contributed by atoms with Crippen molar-refractivity contribution in [1.82, 2.24) is 0 Å². The maximum Gasteiger partial charge on any atom is 0.255 e. The molecule has 0 aliphatic heterocycles. The number of benzene rings is 2. The number of amides is 1. The minimum Gasteiger partial charge on any atom is -0.496 e. The maximum absolute atomic E-state index is 12.5. The first-order valence-electron chi connectivity index (χ1n) is 8.32. The van der Waals surface area contributed by atoms with Crippen molar-refractivity contribution in [2.45, 2.75) is 33.3 Å². The first-order chi connectivity index (χ1) is 11.7. The van der Waals surface area contributed by atoms with Gasteiger partial charge in [0.15, 0.2) is 0 Å². The van der Waals surface area contributed by atoms with Crippen molar-refractivity contribution in [3.63, 3.8) is 0 Å². The molecule has 2 aromatic carbocycles. The summed E-state index contributed by atoms with van der Waals surface area (Å²) in [6, 6.07) is 13.3. The van der Waals surface area contributed by atoms with Crippen LogP contribution in [0.1, 0.15) is 41.8 Å². The van der Waals surface area contributed by atoms with E-state index >= 15 is 0 Å². The molecule has 0 atom stereocenters. The predicted octanol–water partition coefficient (Wildman–Crippen LogP) is 4.44. The van der Waals surface area contributed by atoms with Crippen molar-refractivity contribution in [3.8, 4) is 5.75 Å². The molecule has 4 nitrogen and oxygen atoms in total. The molecule has 0 fully saturated rings. The van der Waals surface area contributed by atoms with Gasteiger partial charge in [0, 0.05) is 23.4 Å². The number of carbonyl (C=O) groups excluding carboxylic acids is 1. The zero-order valence-electron chi connectivity index (χ0n) is 14.6. The topological polar surface area (TPSA) is 47.6 Å². The molecule has 0 aliphatic carbocycles. The average Bonchev–Trinajstić information content (AvgIpc) is 2.61. The SMILES string of the molecule is CCCc1ccc(NC(=O)c2ccc(OC)c(COCC)c2)cc1. The van der Waals surface area contributed by atoms with E-state index < -0.39 is 0 Å². The molecule has 2 rings (SSSR count). The van der Waals surface area contributed by atoms with Crippen molar-refractivity contribution < 1.29 is 14.3 Å². The van der Waals surface area contributed by atoms with Crippen LogP contribution in [0.15, 0.2) is 42.5 Å². The van der Waals surface area contributed by atoms with Gasteiger partial charge in [-0.25, -0.2) is 0 Å². The van der Waals surface area contributed by atoms with E-state index in [1.165, 1.54) is 5.56 Å². The molecule has 0 saturated heterocycles. The van der Waals surface area contributed by atoms with Gasteiger partial charge in [-0.2, -0.15) is 0 Å². The first-order valence-corrected chi connectivity index (χ1v) is 8.32. The van der Waals surface area contributed by atoms with Crippen LogP contribution >= 0.6 is 0 Å². The Hall–Kier alpha value is -2.33. The van der Waals surface area contributed by atoms with Crippen LogP contribution < -0.4 is 10.1 Å². The van der Waals surface area contributed by atoms with Gasteiger partial charge in [-0.15, -0.1) is 0 Å². The second kappa shape index (κ2) is 9.08. The van der Waals surface area contributed by atoms with E-state index in [1.807, 2.05) is 37.3 Å². The molecule has 0 bridgehead atoms. The van der Waals surface area contributed by atoms with Crippen molar-refractivity contribution in [1.29, 1.82) is 0 Å². The highest BCUT2D eigenvalue weighted by Crippen LogP contribution is 2.22. The second-order valence-electron chi connectivity index (χ2n) is 5.56. The zero-order chi connectivity index (χ0) is 17.4. The molecule has 0 saturated carbocycles. The molecule has 0 radical (unpaired) electrons. The Kier molecular flexibility index (Phi) is 6.82. The minimum atomic E-state index is -0.140. The van der Waals surface area contributed by atoms with Crippen molar-refractivity contribution in [3.05, 3.63) is 59.2 Å². The van der Waals surface area contributed by atoms with Gasteiger partial charge in [0.1, 0.15) is 5.75 Å². The van der Waals surface area contributed by atoms with Gasteiger partial charge in [0.05, 0.1) is 13.7 Å². The molecule has 1 N–H and O–H groups in total. The Labute approximate surface area is 143 Å². The lowest BCUT2D eigenvalue weighted by atomic mass is 10.1. The van der Waals surface area contributed by atoms with Crippen LogP contribution in [0.4, 0.5) is 5.69 Å². The average molecular weight is 327 g/mol. The molecule has 1 amide bonds. The van der Waals surface area contributed by atoms with Gasteiger partial charge in [-0.3, -0.25) is 4.79 Å². The minimum absolute atomic E-state index is 0.140. The fourth-order valence-corrected chi connectivity index (χ4v) is 2.49. The standard InChI is InChI=1S/C20H25NO3/c1-4-6-15-7-10-18(11-8-15)21-20(22)16-9-12-19(23-3)17(13-16)14-24-5-2/h7-13H,4-6,14H2,1-3H3,(H,21,22). The predicted molar refractivity (Wildman–Crippen MR) is 96.7 cm³/mol. The highest BCUT2D eigenvalue weighted by molar-refractivity contribution is 6.04. The summed E-state index contributed by atoms with van der Waals surface area (Å²) >= 11 is 0. The Morgan fingerprint density at radius 2 is 1.83 bits per heavy atom. The van der Waals surface area contributed by atoms with Crippen molar-refractivity contribution in [2.24, 2.45) is 0 Å². The van der Waals surface area contributed by atoms with Crippen LogP contribution in [0.2, 0.25) is 0 Å². The number of carbonyl (C=O) groups is 1. The number of nitrogens with one attached hydrogen (secondary N) is 1. The number of hydrogen-bond donors (Lipinski definition) is 1. The number of methoxy groups -OCH3 is 1. The number of rotatable bonds is 8. The van der Waals surface area contributed by atoms with Crippen LogP contribution in [0.5, 0.6) is 5.75 Å². The number of aryl methyl sites for hydroxylation is 1. The summed E-state index contributed by atoms with van der Waals surface area (Å²) in [7, 11) is 1.61. The normalized spacial score (nSPS) is 10.5. The van der Waals surface area contributed by atoms with E-state index in [0.29, 0.717) is 18.8 Å². The molecular formula is C20H25NO3. The molecule has 0 aromatic heterocycles. The first kappa shape index (κ1) is 18.0. The largest absolute Gasteiger partial charge is 0.496 e. The summed E-state index contributed by atoms with van der Waals surface area (Å²) in [5.74, 6) is 0.586. The summed E-state index contributed by atoms with van der Waals surface area (Å²) in [5.41, 5.74) is 3.52. The van der Waals surface area contributed by atoms with Gasteiger partial charge in [0.25, 0.3) is 5.91 Å². The second-order valence-corrected chi connectivity index (χ2v) is 5.56. The molecule has 2 aromatic rings. The lowest BCUT2D eigenvalue weighted by Crippen LogP contribution is -2.12. The van der Waals surface area contributed by atoms with E-state index in [9.17, 15) is 4.79 Å². The van der Waals surface area contributed by atoms with E-state index in [-0.39, 0.29) is 5.91 Å². The van der Waals surface area contributed by atoms with Crippen LogP contribution in [0.3, 0.4) is 0 Å². The summed E-state index contributed by atoms with van der Waals surface area (Å²) in [4.78, 5) is 12.5. The lowest BCUT2D eigenvalue weighted by Gasteiger charge is -2.11. The van der Waals surface area contributed by atoms with Gasteiger partial charge in [0.2, 0.25) is 0 Å². The third-order valence-electron chi connectivity index (χ3n) is 3.75. The van der Waals surface area contributed by atoms with Gasteiger partial charge in [-0.05, 0) is 49.2 Å². The third-order valence-corrected chi connectivity index (χ3v) is 3.75. The number of anilines is 1. The van der Waals surface area contributed by atoms with Crippen LogP contribution in [-0.4, -0.2) is 19.6 Å². The van der Waals surface area contributed by atoms with Gasteiger partial charge in [-0.1, -0.05) is 25.5 Å². The van der Waals surface area contributed by atoms with Crippen LogP contribution in [0, 0.1) is 0 Å². The van der Waals surface area contributed by atoms with E-state index in [1.54, 1.807) is 19.2 Å². The Balaban J connectivity index is 2.10. The molecule has 0 aliphatic rings. The molecule has 4 heteroatoms. The monoisotopic (exact) mass is 327 g/mol.